The van der Waals surface area contributed by atoms with Crippen molar-refractivity contribution in [1.82, 2.24) is 15.1 Å². The Balaban J connectivity index is 1.83. The first-order valence-corrected chi connectivity index (χ1v) is 6.48. The third kappa shape index (κ3) is 3.17. The van der Waals surface area contributed by atoms with Gasteiger partial charge in [-0.1, -0.05) is 0 Å². The second kappa shape index (κ2) is 5.96. The molecule has 0 radical (unpaired) electrons. The average molecular weight is 227 g/mol. The van der Waals surface area contributed by atoms with E-state index in [-0.39, 0.29) is 0 Å². The fraction of sp³-hybridized carbons (Fsp3) is 1.00. The molecule has 2 unspecified atom stereocenters. The van der Waals surface area contributed by atoms with E-state index >= 15 is 0 Å². The molecule has 2 heterocycles. The Hall–Kier alpha value is -0.160. The van der Waals surface area contributed by atoms with Crippen LogP contribution in [0.4, 0.5) is 0 Å². The first-order chi connectivity index (χ1) is 7.79. The molecule has 0 amide bonds. The predicted molar refractivity (Wildman–Crippen MR) is 65.8 cm³/mol. The molecule has 1 N–H and O–H groups in total. The molecule has 0 bridgehead atoms. The molecule has 4 heteroatoms. The molecule has 0 aromatic heterocycles. The lowest BCUT2D eigenvalue weighted by molar-refractivity contribution is -0.0502. The first kappa shape index (κ1) is 12.3. The molecule has 0 saturated carbocycles. The summed E-state index contributed by atoms with van der Waals surface area (Å²) in [6.45, 7) is 6.57. The molecular weight excluding hydrogens is 202 g/mol. The maximum absolute atomic E-state index is 5.75. The van der Waals surface area contributed by atoms with E-state index in [4.69, 9.17) is 4.74 Å². The minimum absolute atomic E-state index is 0.381. The molecule has 2 saturated heterocycles. The lowest BCUT2D eigenvalue weighted by atomic mass is 10.0. The number of ether oxygens (including phenoxy) is 1. The smallest absolute Gasteiger partial charge is 0.0826 e. The van der Waals surface area contributed by atoms with Gasteiger partial charge < -0.3 is 15.0 Å². The molecular formula is C12H25N3O. The van der Waals surface area contributed by atoms with Crippen LogP contribution in [0.5, 0.6) is 0 Å². The number of rotatable bonds is 3. The summed E-state index contributed by atoms with van der Waals surface area (Å²) in [6, 6.07) is 0.752. The molecule has 2 fully saturated rings. The fourth-order valence-electron chi connectivity index (χ4n) is 2.86. The van der Waals surface area contributed by atoms with E-state index in [2.05, 4.69) is 22.2 Å². The molecule has 2 atom stereocenters. The lowest BCUT2D eigenvalue weighted by Crippen LogP contribution is -2.54. The predicted octanol–water partition coefficient (Wildman–Crippen LogP) is 0.000800. The molecule has 0 aliphatic carbocycles. The van der Waals surface area contributed by atoms with Gasteiger partial charge in [-0.2, -0.15) is 0 Å². The summed E-state index contributed by atoms with van der Waals surface area (Å²) >= 11 is 0. The second-order valence-corrected chi connectivity index (χ2v) is 5.10. The van der Waals surface area contributed by atoms with Crippen molar-refractivity contribution in [2.75, 3.05) is 53.4 Å². The Morgan fingerprint density at radius 2 is 2.19 bits per heavy atom. The molecule has 0 aromatic rings. The zero-order valence-electron chi connectivity index (χ0n) is 10.6. The van der Waals surface area contributed by atoms with Gasteiger partial charge in [0.2, 0.25) is 0 Å². The van der Waals surface area contributed by atoms with Crippen molar-refractivity contribution < 1.29 is 4.74 Å². The summed E-state index contributed by atoms with van der Waals surface area (Å²) in [4.78, 5) is 5.08. The Morgan fingerprint density at radius 3 is 2.94 bits per heavy atom. The summed E-state index contributed by atoms with van der Waals surface area (Å²) in [5.41, 5.74) is 0. The van der Waals surface area contributed by atoms with Crippen LogP contribution in [0.15, 0.2) is 0 Å². The van der Waals surface area contributed by atoms with Crippen molar-refractivity contribution in [3.8, 4) is 0 Å². The number of hydrogen-bond acceptors (Lipinski definition) is 4. The van der Waals surface area contributed by atoms with Gasteiger partial charge in [-0.15, -0.1) is 0 Å². The lowest BCUT2D eigenvalue weighted by Gasteiger charge is -2.42. The van der Waals surface area contributed by atoms with Crippen LogP contribution in [-0.4, -0.2) is 75.4 Å². The van der Waals surface area contributed by atoms with Gasteiger partial charge in [-0.25, -0.2) is 0 Å². The average Bonchev–Trinajstić information content (AvgIpc) is 2.30. The van der Waals surface area contributed by atoms with E-state index in [0.717, 1.165) is 32.3 Å². The first-order valence-electron chi connectivity index (χ1n) is 6.48. The third-order valence-corrected chi connectivity index (χ3v) is 3.72. The highest BCUT2D eigenvalue weighted by molar-refractivity contribution is 4.83. The standard InChI is InChI=1S/C12H25N3O/c1-13-8-12-10-15(6-7-16-12)11-4-3-5-14(2)9-11/h11-13H,3-10H2,1-2H3. The Morgan fingerprint density at radius 1 is 1.31 bits per heavy atom. The third-order valence-electron chi connectivity index (χ3n) is 3.72. The quantitative estimate of drug-likeness (QED) is 0.734. The van der Waals surface area contributed by atoms with Crippen LogP contribution in [0.3, 0.4) is 0 Å². The Labute approximate surface area is 98.9 Å². The minimum Gasteiger partial charge on any atom is -0.374 e. The van der Waals surface area contributed by atoms with E-state index in [0.29, 0.717) is 6.10 Å². The van der Waals surface area contributed by atoms with Crippen molar-refractivity contribution in [3.63, 3.8) is 0 Å². The van der Waals surface area contributed by atoms with Crippen LogP contribution in [-0.2, 0) is 4.74 Å². The highest BCUT2D eigenvalue weighted by Gasteiger charge is 2.28. The summed E-state index contributed by atoms with van der Waals surface area (Å²) in [5.74, 6) is 0. The van der Waals surface area contributed by atoms with Crippen LogP contribution in [0.25, 0.3) is 0 Å². The number of nitrogens with one attached hydrogen (secondary N) is 1. The van der Waals surface area contributed by atoms with E-state index in [1.165, 1.54) is 25.9 Å². The summed E-state index contributed by atoms with van der Waals surface area (Å²) in [6.07, 6.45) is 3.08. The van der Waals surface area contributed by atoms with Gasteiger partial charge >= 0.3 is 0 Å². The van der Waals surface area contributed by atoms with Crippen molar-refractivity contribution in [2.24, 2.45) is 0 Å². The number of piperidine rings is 1. The van der Waals surface area contributed by atoms with Gasteiger partial charge in [0.05, 0.1) is 12.7 Å². The van der Waals surface area contributed by atoms with Crippen molar-refractivity contribution in [1.29, 1.82) is 0 Å². The number of nitrogens with zero attached hydrogens (tertiary/aromatic N) is 2. The summed E-state index contributed by atoms with van der Waals surface area (Å²) in [7, 11) is 4.23. The molecule has 0 spiro atoms. The second-order valence-electron chi connectivity index (χ2n) is 5.10. The fourth-order valence-corrected chi connectivity index (χ4v) is 2.86. The topological polar surface area (TPSA) is 27.7 Å². The Kier molecular flexibility index (Phi) is 4.58. The number of likely N-dealkylation sites (N-methyl/N-ethyl adjacent to an activating group) is 2. The van der Waals surface area contributed by atoms with Gasteiger partial charge in [0.25, 0.3) is 0 Å². The van der Waals surface area contributed by atoms with Crippen molar-refractivity contribution in [3.05, 3.63) is 0 Å². The SMILES string of the molecule is CNCC1CN(C2CCCN(C)C2)CCO1. The number of morpholine rings is 1. The monoisotopic (exact) mass is 227 g/mol. The molecule has 0 aromatic carbocycles. The maximum Gasteiger partial charge on any atom is 0.0826 e. The molecule has 2 aliphatic rings. The maximum atomic E-state index is 5.75. The molecule has 2 aliphatic heterocycles. The number of hydrogen-bond donors (Lipinski definition) is 1. The summed E-state index contributed by atoms with van der Waals surface area (Å²) < 4.78 is 5.75. The molecule has 94 valence electrons. The van der Waals surface area contributed by atoms with Crippen LogP contribution in [0, 0.1) is 0 Å². The van der Waals surface area contributed by atoms with E-state index in [9.17, 15) is 0 Å². The van der Waals surface area contributed by atoms with Crippen LogP contribution < -0.4 is 5.32 Å². The van der Waals surface area contributed by atoms with Crippen LogP contribution >= 0.6 is 0 Å². The largest absolute Gasteiger partial charge is 0.374 e. The molecule has 16 heavy (non-hydrogen) atoms. The highest BCUT2D eigenvalue weighted by atomic mass is 16.5. The molecule has 4 nitrogen and oxygen atoms in total. The van der Waals surface area contributed by atoms with E-state index < -0.39 is 0 Å². The Bertz CT molecular complexity index is 210. The molecule has 2 rings (SSSR count). The van der Waals surface area contributed by atoms with Gasteiger partial charge in [0.1, 0.15) is 0 Å². The summed E-state index contributed by atoms with van der Waals surface area (Å²) in [5, 5.41) is 3.21. The van der Waals surface area contributed by atoms with Gasteiger partial charge in [-0.3, -0.25) is 4.90 Å². The van der Waals surface area contributed by atoms with Gasteiger partial charge in [0.15, 0.2) is 0 Å². The number of likely N-dealkylation sites (tertiary alicyclic amines) is 1. The van der Waals surface area contributed by atoms with E-state index in [1.54, 1.807) is 0 Å². The van der Waals surface area contributed by atoms with Crippen LogP contribution in [0.1, 0.15) is 12.8 Å². The van der Waals surface area contributed by atoms with Crippen LogP contribution in [0.2, 0.25) is 0 Å². The zero-order valence-corrected chi connectivity index (χ0v) is 10.6. The van der Waals surface area contributed by atoms with Crippen molar-refractivity contribution >= 4 is 0 Å². The van der Waals surface area contributed by atoms with Gasteiger partial charge in [0, 0.05) is 32.2 Å². The zero-order chi connectivity index (χ0) is 11.4. The highest BCUT2D eigenvalue weighted by Crippen LogP contribution is 2.17. The normalized spacial score (nSPS) is 34.1. The minimum atomic E-state index is 0.381. The van der Waals surface area contributed by atoms with Crippen molar-refractivity contribution in [2.45, 2.75) is 25.0 Å². The van der Waals surface area contributed by atoms with E-state index in [1.807, 2.05) is 7.05 Å². The van der Waals surface area contributed by atoms with Gasteiger partial charge in [-0.05, 0) is 33.5 Å².